The minimum Gasteiger partial charge on any atom is -0.497 e. The molecule has 0 aliphatic heterocycles. The molecule has 1 N–H and O–H groups in total. The molecule has 162 valence electrons. The minimum absolute atomic E-state index is 0.155. The van der Waals surface area contributed by atoms with Crippen molar-refractivity contribution in [2.24, 2.45) is 0 Å². The zero-order valence-corrected chi connectivity index (χ0v) is 18.5. The first-order valence-corrected chi connectivity index (χ1v) is 11.0. The Morgan fingerprint density at radius 2 is 1.73 bits per heavy atom. The Bertz CT molecular complexity index is 939. The molecule has 0 bridgehead atoms. The van der Waals surface area contributed by atoms with E-state index in [1.165, 1.54) is 23.5 Å². The molecule has 0 radical (unpaired) electrons. The van der Waals surface area contributed by atoms with E-state index in [1.54, 1.807) is 42.5 Å². The van der Waals surface area contributed by atoms with Crippen LogP contribution < -0.4 is 10.1 Å². The van der Waals surface area contributed by atoms with Crippen molar-refractivity contribution in [2.45, 2.75) is 11.4 Å². The van der Waals surface area contributed by atoms with Gasteiger partial charge < -0.3 is 15.0 Å². The topological polar surface area (TPSA) is 79.0 Å². The van der Waals surface area contributed by atoms with Crippen LogP contribution in [0.4, 0.5) is 0 Å². The number of sulfonamides is 1. The summed E-state index contributed by atoms with van der Waals surface area (Å²) in [6.45, 7) is 5.32. The van der Waals surface area contributed by atoms with Crippen LogP contribution in [-0.2, 0) is 16.6 Å². The maximum absolute atomic E-state index is 13.0. The first-order valence-electron chi connectivity index (χ1n) is 9.55. The molecular formula is C22H29N3O4S. The molecule has 2 rings (SSSR count). The molecule has 0 aliphatic rings. The summed E-state index contributed by atoms with van der Waals surface area (Å²) in [5, 5.41) is 2.86. The Morgan fingerprint density at radius 1 is 1.10 bits per heavy atom. The average molecular weight is 432 g/mol. The zero-order valence-electron chi connectivity index (χ0n) is 17.7. The van der Waals surface area contributed by atoms with Gasteiger partial charge in [-0.3, -0.25) is 4.79 Å². The van der Waals surface area contributed by atoms with Gasteiger partial charge in [0.25, 0.3) is 5.91 Å². The van der Waals surface area contributed by atoms with Gasteiger partial charge in [0.15, 0.2) is 0 Å². The predicted octanol–water partition coefficient (Wildman–Crippen LogP) is 2.36. The Kier molecular flexibility index (Phi) is 8.58. The second-order valence-corrected chi connectivity index (χ2v) is 8.96. The van der Waals surface area contributed by atoms with Crippen LogP contribution in [0.5, 0.6) is 5.75 Å². The van der Waals surface area contributed by atoms with E-state index in [-0.39, 0.29) is 23.9 Å². The Labute approximate surface area is 179 Å². The minimum atomic E-state index is -3.71. The van der Waals surface area contributed by atoms with Gasteiger partial charge in [0.2, 0.25) is 10.0 Å². The van der Waals surface area contributed by atoms with Crippen LogP contribution in [0.3, 0.4) is 0 Å². The third-order valence-electron chi connectivity index (χ3n) is 4.45. The molecular weight excluding hydrogens is 402 g/mol. The third-order valence-corrected chi connectivity index (χ3v) is 6.28. The van der Waals surface area contributed by atoms with Gasteiger partial charge in [-0.1, -0.05) is 18.2 Å². The SMILES string of the molecule is C=CCN(Cc1ccc(C(=O)NCCN(C)C)cc1)S(=O)(=O)c1ccc(OC)cc1. The molecule has 30 heavy (non-hydrogen) atoms. The number of nitrogens with zero attached hydrogens (tertiary/aromatic N) is 2. The van der Waals surface area contributed by atoms with Crippen molar-refractivity contribution >= 4 is 15.9 Å². The molecule has 0 fully saturated rings. The van der Waals surface area contributed by atoms with E-state index in [2.05, 4.69) is 11.9 Å². The summed E-state index contributed by atoms with van der Waals surface area (Å²) >= 11 is 0. The molecule has 1 amide bonds. The summed E-state index contributed by atoms with van der Waals surface area (Å²) in [4.78, 5) is 14.4. The molecule has 0 saturated heterocycles. The highest BCUT2D eigenvalue weighted by Crippen LogP contribution is 2.21. The van der Waals surface area contributed by atoms with Gasteiger partial charge >= 0.3 is 0 Å². The molecule has 2 aromatic rings. The van der Waals surface area contributed by atoms with Crippen LogP contribution in [0.1, 0.15) is 15.9 Å². The number of likely N-dealkylation sites (N-methyl/N-ethyl adjacent to an activating group) is 1. The zero-order chi connectivity index (χ0) is 22.1. The van der Waals surface area contributed by atoms with Crippen LogP contribution in [0.15, 0.2) is 66.1 Å². The Morgan fingerprint density at radius 3 is 2.27 bits per heavy atom. The molecule has 7 nitrogen and oxygen atoms in total. The van der Waals surface area contributed by atoms with Gasteiger partial charge in [-0.05, 0) is 56.1 Å². The summed E-state index contributed by atoms with van der Waals surface area (Å²) in [5.41, 5.74) is 1.31. The third kappa shape index (κ3) is 6.41. The monoisotopic (exact) mass is 431 g/mol. The lowest BCUT2D eigenvalue weighted by Crippen LogP contribution is -2.31. The normalized spacial score (nSPS) is 11.5. The summed E-state index contributed by atoms with van der Waals surface area (Å²) in [6, 6.07) is 13.2. The molecule has 2 aromatic carbocycles. The molecule has 8 heteroatoms. The van der Waals surface area contributed by atoms with Crippen molar-refractivity contribution in [3.63, 3.8) is 0 Å². The second-order valence-electron chi connectivity index (χ2n) is 7.02. The highest BCUT2D eigenvalue weighted by molar-refractivity contribution is 7.89. The number of amides is 1. The quantitative estimate of drug-likeness (QED) is 0.553. The smallest absolute Gasteiger partial charge is 0.251 e. The number of nitrogens with one attached hydrogen (secondary N) is 1. The molecule has 0 unspecified atom stereocenters. The van der Waals surface area contributed by atoms with Gasteiger partial charge in [-0.25, -0.2) is 8.42 Å². The van der Waals surface area contributed by atoms with Crippen molar-refractivity contribution in [1.82, 2.24) is 14.5 Å². The Balaban J connectivity index is 2.12. The fraction of sp³-hybridized carbons (Fsp3) is 0.318. The van der Waals surface area contributed by atoms with E-state index in [4.69, 9.17) is 4.74 Å². The summed E-state index contributed by atoms with van der Waals surface area (Å²) in [6.07, 6.45) is 1.55. The van der Waals surface area contributed by atoms with E-state index in [0.717, 1.165) is 12.1 Å². The van der Waals surface area contributed by atoms with Gasteiger partial charge in [0.05, 0.1) is 12.0 Å². The fourth-order valence-electron chi connectivity index (χ4n) is 2.75. The van der Waals surface area contributed by atoms with E-state index in [9.17, 15) is 13.2 Å². The molecule has 0 spiro atoms. The largest absolute Gasteiger partial charge is 0.497 e. The van der Waals surface area contributed by atoms with Crippen LogP contribution in [0.25, 0.3) is 0 Å². The number of hydrogen-bond acceptors (Lipinski definition) is 5. The number of methoxy groups -OCH3 is 1. The van der Waals surface area contributed by atoms with Crippen molar-refractivity contribution in [3.8, 4) is 5.75 Å². The summed E-state index contributed by atoms with van der Waals surface area (Å²) < 4.78 is 32.5. The van der Waals surface area contributed by atoms with E-state index < -0.39 is 10.0 Å². The van der Waals surface area contributed by atoms with Gasteiger partial charge in [0, 0.05) is 31.7 Å². The predicted molar refractivity (Wildman–Crippen MR) is 118 cm³/mol. The van der Waals surface area contributed by atoms with Crippen LogP contribution in [0, 0.1) is 0 Å². The lowest BCUT2D eigenvalue weighted by atomic mass is 10.1. The number of hydrogen-bond donors (Lipinski definition) is 1. The number of benzene rings is 2. The maximum Gasteiger partial charge on any atom is 0.251 e. The van der Waals surface area contributed by atoms with Crippen molar-refractivity contribution in [2.75, 3.05) is 40.8 Å². The summed E-state index contributed by atoms with van der Waals surface area (Å²) in [5.74, 6) is 0.431. The first kappa shape index (κ1) is 23.6. The van der Waals surface area contributed by atoms with Gasteiger partial charge in [-0.15, -0.1) is 6.58 Å². The maximum atomic E-state index is 13.0. The van der Waals surface area contributed by atoms with Crippen LogP contribution in [0.2, 0.25) is 0 Å². The van der Waals surface area contributed by atoms with Gasteiger partial charge in [-0.2, -0.15) is 4.31 Å². The molecule has 0 aliphatic carbocycles. The number of ether oxygens (including phenoxy) is 1. The molecule has 0 heterocycles. The second kappa shape index (κ2) is 10.9. The highest BCUT2D eigenvalue weighted by atomic mass is 32.2. The molecule has 0 aromatic heterocycles. The number of carbonyl (C=O) groups excluding carboxylic acids is 1. The lowest BCUT2D eigenvalue weighted by Gasteiger charge is -2.21. The first-order chi connectivity index (χ1) is 14.3. The van der Waals surface area contributed by atoms with Gasteiger partial charge in [0.1, 0.15) is 5.75 Å². The average Bonchev–Trinajstić information content (AvgIpc) is 2.73. The Hall–Kier alpha value is -2.68. The number of rotatable bonds is 11. The number of carbonyl (C=O) groups is 1. The van der Waals surface area contributed by atoms with E-state index in [1.807, 2.05) is 19.0 Å². The molecule has 0 atom stereocenters. The van der Waals surface area contributed by atoms with Crippen molar-refractivity contribution in [3.05, 3.63) is 72.3 Å². The van der Waals surface area contributed by atoms with Crippen molar-refractivity contribution < 1.29 is 17.9 Å². The van der Waals surface area contributed by atoms with Crippen molar-refractivity contribution in [1.29, 1.82) is 0 Å². The van der Waals surface area contributed by atoms with E-state index >= 15 is 0 Å². The fourth-order valence-corrected chi connectivity index (χ4v) is 4.15. The van der Waals surface area contributed by atoms with E-state index in [0.29, 0.717) is 17.9 Å². The van der Waals surface area contributed by atoms with Crippen LogP contribution in [-0.4, -0.2) is 64.4 Å². The standard InChI is InChI=1S/C22H29N3O4S/c1-5-15-25(30(27,28)21-12-10-20(29-4)11-13-21)17-18-6-8-19(9-7-18)22(26)23-14-16-24(2)3/h5-13H,1,14-17H2,2-4H3,(H,23,26). The lowest BCUT2D eigenvalue weighted by molar-refractivity contribution is 0.0951. The summed E-state index contributed by atoms with van der Waals surface area (Å²) in [7, 11) is 1.70. The highest BCUT2D eigenvalue weighted by Gasteiger charge is 2.23. The van der Waals surface area contributed by atoms with Crippen LogP contribution >= 0.6 is 0 Å². The molecule has 0 saturated carbocycles.